The maximum Gasteiger partial charge on any atom is 0.282 e. The third-order valence-corrected chi connectivity index (χ3v) is 4.87. The summed E-state index contributed by atoms with van der Waals surface area (Å²) in [6.07, 6.45) is 3.81. The van der Waals surface area contributed by atoms with E-state index in [4.69, 9.17) is 23.2 Å². The summed E-state index contributed by atoms with van der Waals surface area (Å²) in [6, 6.07) is 6.95. The molecule has 3 aromatic rings. The fraction of sp³-hybridized carbons (Fsp3) is 0.133. The molecule has 0 saturated heterocycles. The van der Waals surface area contributed by atoms with Crippen LogP contribution in [0.3, 0.4) is 0 Å². The first kappa shape index (κ1) is 15.2. The molecule has 2 aromatic heterocycles. The Kier molecular flexibility index (Phi) is 4.29. The predicted octanol–water partition coefficient (Wildman–Crippen LogP) is 4.21. The van der Waals surface area contributed by atoms with E-state index in [1.54, 1.807) is 18.2 Å². The summed E-state index contributed by atoms with van der Waals surface area (Å²) in [5, 5.41) is 5.76. The Morgan fingerprint density at radius 3 is 2.91 bits per heavy atom. The van der Waals surface area contributed by atoms with Crippen LogP contribution in [0.1, 0.15) is 17.4 Å². The monoisotopic (exact) mass is 351 g/mol. The number of thiophene rings is 1. The molecule has 22 heavy (non-hydrogen) atoms. The third-order valence-electron chi connectivity index (χ3n) is 3.12. The molecule has 4 nitrogen and oxygen atoms in total. The normalized spacial score (nSPS) is 11.6. The minimum absolute atomic E-state index is 0.192. The highest BCUT2D eigenvalue weighted by Gasteiger charge is 2.07. The number of hydrogen-bond acceptors (Lipinski definition) is 4. The maximum absolute atomic E-state index is 12.4. The van der Waals surface area contributed by atoms with Gasteiger partial charge < -0.3 is 0 Å². The van der Waals surface area contributed by atoms with Crippen LogP contribution in [0, 0.1) is 0 Å². The Morgan fingerprint density at radius 2 is 2.18 bits per heavy atom. The Balaban J connectivity index is 2.01. The molecule has 0 saturated carbocycles. The molecule has 112 valence electrons. The number of hydrogen-bond donors (Lipinski definition) is 0. The molecule has 0 aliphatic rings. The minimum Gasteiger partial charge on any atom is -0.267 e. The summed E-state index contributed by atoms with van der Waals surface area (Å²) in [7, 11) is 0. The summed E-state index contributed by atoms with van der Waals surface area (Å²) < 4.78 is 1.21. The molecule has 7 heteroatoms. The number of nitrogens with zero attached hydrogens (tertiary/aromatic N) is 3. The average molecular weight is 352 g/mol. The quantitative estimate of drug-likeness (QED) is 0.663. The van der Waals surface area contributed by atoms with Crippen molar-refractivity contribution in [1.82, 2.24) is 9.66 Å². The molecule has 2 heterocycles. The molecule has 1 aromatic carbocycles. The molecule has 0 aliphatic heterocycles. The zero-order valence-corrected chi connectivity index (χ0v) is 13.9. The fourth-order valence-corrected chi connectivity index (χ4v) is 3.33. The topological polar surface area (TPSA) is 47.2 Å². The summed E-state index contributed by atoms with van der Waals surface area (Å²) in [4.78, 5) is 18.5. The standard InChI is InChI=1S/C15H11Cl2N3OS/c1-2-11-6-12-14(22-11)18-8-20(15(12)21)19-7-9-3-4-10(16)5-13(9)17/h3-8H,2H2,1H3/b19-7-. The van der Waals surface area contributed by atoms with Crippen LogP contribution in [0.4, 0.5) is 0 Å². The highest BCUT2D eigenvalue weighted by Crippen LogP contribution is 2.21. The van der Waals surface area contributed by atoms with Crippen molar-refractivity contribution >= 4 is 51.0 Å². The minimum atomic E-state index is -0.192. The van der Waals surface area contributed by atoms with Crippen molar-refractivity contribution in [3.8, 4) is 0 Å². The molecule has 0 N–H and O–H groups in total. The lowest BCUT2D eigenvalue weighted by molar-refractivity contribution is 0.818. The molecule has 0 aliphatic carbocycles. The van der Waals surface area contributed by atoms with E-state index >= 15 is 0 Å². The Bertz CT molecular complexity index is 930. The van der Waals surface area contributed by atoms with Crippen molar-refractivity contribution in [2.75, 3.05) is 0 Å². The van der Waals surface area contributed by atoms with Crippen molar-refractivity contribution in [2.45, 2.75) is 13.3 Å². The van der Waals surface area contributed by atoms with Gasteiger partial charge in [0.2, 0.25) is 0 Å². The second-order valence-electron chi connectivity index (χ2n) is 4.59. The first-order valence-corrected chi connectivity index (χ1v) is 8.15. The summed E-state index contributed by atoms with van der Waals surface area (Å²) in [5.74, 6) is 0. The van der Waals surface area contributed by atoms with Crippen molar-refractivity contribution in [3.05, 3.63) is 61.4 Å². The van der Waals surface area contributed by atoms with Crippen LogP contribution >= 0.6 is 34.5 Å². The molecule has 0 atom stereocenters. The average Bonchev–Trinajstić information content (AvgIpc) is 2.92. The highest BCUT2D eigenvalue weighted by atomic mass is 35.5. The molecule has 0 spiro atoms. The van der Waals surface area contributed by atoms with E-state index in [2.05, 4.69) is 10.1 Å². The fourth-order valence-electron chi connectivity index (χ4n) is 1.95. The van der Waals surface area contributed by atoms with E-state index in [0.29, 0.717) is 21.0 Å². The SMILES string of the molecule is CCc1cc2c(=O)n(/N=C\c3ccc(Cl)cc3Cl)cnc2s1. The van der Waals surface area contributed by atoms with Crippen LogP contribution in [0.2, 0.25) is 10.0 Å². The van der Waals surface area contributed by atoms with E-state index < -0.39 is 0 Å². The van der Waals surface area contributed by atoms with Gasteiger partial charge in [-0.2, -0.15) is 9.78 Å². The van der Waals surface area contributed by atoms with E-state index in [9.17, 15) is 4.79 Å². The first-order valence-electron chi connectivity index (χ1n) is 6.58. The smallest absolute Gasteiger partial charge is 0.267 e. The molecule has 0 fully saturated rings. The Hall–Kier alpha value is -1.69. The number of benzene rings is 1. The lowest BCUT2D eigenvalue weighted by Gasteiger charge is -1.99. The molecule has 3 rings (SSSR count). The van der Waals surface area contributed by atoms with Crippen molar-refractivity contribution in [1.29, 1.82) is 0 Å². The lowest BCUT2D eigenvalue weighted by atomic mass is 10.2. The molecule has 0 radical (unpaired) electrons. The van der Waals surface area contributed by atoms with Gasteiger partial charge in [0.1, 0.15) is 11.2 Å². The second-order valence-corrected chi connectivity index (χ2v) is 6.55. The van der Waals surface area contributed by atoms with Crippen molar-refractivity contribution < 1.29 is 0 Å². The van der Waals surface area contributed by atoms with Gasteiger partial charge in [-0.15, -0.1) is 11.3 Å². The van der Waals surface area contributed by atoms with Crippen LogP contribution < -0.4 is 5.56 Å². The van der Waals surface area contributed by atoms with Gasteiger partial charge in [0, 0.05) is 15.5 Å². The first-order chi connectivity index (χ1) is 10.6. The van der Waals surface area contributed by atoms with E-state index in [-0.39, 0.29) is 5.56 Å². The zero-order chi connectivity index (χ0) is 15.7. The maximum atomic E-state index is 12.4. The number of aromatic nitrogens is 2. The van der Waals surface area contributed by atoms with Gasteiger partial charge in [0.25, 0.3) is 5.56 Å². The van der Waals surface area contributed by atoms with Crippen LogP contribution in [0.5, 0.6) is 0 Å². The van der Waals surface area contributed by atoms with Gasteiger partial charge in [-0.1, -0.05) is 36.2 Å². The van der Waals surface area contributed by atoms with Crippen LogP contribution in [0.25, 0.3) is 10.2 Å². The Morgan fingerprint density at radius 1 is 1.36 bits per heavy atom. The number of fused-ring (bicyclic) bond motifs is 1. The van der Waals surface area contributed by atoms with E-state index in [1.165, 1.54) is 28.6 Å². The van der Waals surface area contributed by atoms with Crippen molar-refractivity contribution in [3.63, 3.8) is 0 Å². The predicted molar refractivity (Wildman–Crippen MR) is 92.7 cm³/mol. The zero-order valence-electron chi connectivity index (χ0n) is 11.6. The molecule has 0 bridgehead atoms. The molecular formula is C15H11Cl2N3OS. The van der Waals surface area contributed by atoms with Crippen LogP contribution in [-0.2, 0) is 6.42 Å². The second kappa shape index (κ2) is 6.20. The van der Waals surface area contributed by atoms with E-state index in [0.717, 1.165) is 16.1 Å². The summed E-state index contributed by atoms with van der Waals surface area (Å²) >= 11 is 13.4. The van der Waals surface area contributed by atoms with Gasteiger partial charge in [0.05, 0.1) is 16.6 Å². The van der Waals surface area contributed by atoms with Crippen molar-refractivity contribution in [2.24, 2.45) is 5.10 Å². The van der Waals surface area contributed by atoms with E-state index in [1.807, 2.05) is 13.0 Å². The van der Waals surface area contributed by atoms with Gasteiger partial charge in [-0.3, -0.25) is 4.79 Å². The molecule has 0 amide bonds. The number of aryl methyl sites for hydroxylation is 1. The molecule has 0 unspecified atom stereocenters. The summed E-state index contributed by atoms with van der Waals surface area (Å²) in [6.45, 7) is 2.05. The molecular weight excluding hydrogens is 341 g/mol. The lowest BCUT2D eigenvalue weighted by Crippen LogP contribution is -2.16. The van der Waals surface area contributed by atoms with Gasteiger partial charge >= 0.3 is 0 Å². The van der Waals surface area contributed by atoms with Gasteiger partial charge in [0.15, 0.2) is 0 Å². The van der Waals surface area contributed by atoms with Gasteiger partial charge in [-0.05, 0) is 24.6 Å². The van der Waals surface area contributed by atoms with Crippen LogP contribution in [0.15, 0.2) is 40.5 Å². The largest absolute Gasteiger partial charge is 0.282 e. The Labute approximate surface area is 140 Å². The number of rotatable bonds is 3. The van der Waals surface area contributed by atoms with Crippen LogP contribution in [-0.4, -0.2) is 15.9 Å². The number of halogens is 2. The third kappa shape index (κ3) is 2.92. The highest BCUT2D eigenvalue weighted by molar-refractivity contribution is 7.18. The van der Waals surface area contributed by atoms with Gasteiger partial charge in [-0.25, -0.2) is 4.98 Å². The summed E-state index contributed by atoms with van der Waals surface area (Å²) in [5.41, 5.74) is 0.486.